The molecule has 0 aliphatic heterocycles. The van der Waals surface area contributed by atoms with E-state index in [0.717, 1.165) is 24.7 Å². The molecule has 0 unspecified atom stereocenters. The summed E-state index contributed by atoms with van der Waals surface area (Å²) in [6.07, 6.45) is 0. The van der Waals surface area contributed by atoms with Crippen molar-refractivity contribution in [3.8, 4) is 0 Å². The average molecular weight is 243 g/mol. The summed E-state index contributed by atoms with van der Waals surface area (Å²) in [5, 5.41) is 0. The second kappa shape index (κ2) is 5.45. The van der Waals surface area contributed by atoms with Gasteiger partial charge in [0.25, 0.3) is 5.92 Å². The molecule has 0 amide bonds. The molecule has 0 spiro atoms. The molecule has 4 heteroatoms. The van der Waals surface area contributed by atoms with E-state index < -0.39 is 5.92 Å². The molecule has 1 rings (SSSR count). The van der Waals surface area contributed by atoms with E-state index >= 15 is 0 Å². The predicted octanol–water partition coefficient (Wildman–Crippen LogP) is 3.19. The van der Waals surface area contributed by atoms with Crippen LogP contribution in [-0.2, 0) is 10.7 Å². The molecule has 0 saturated carbocycles. The number of aryl methyl sites for hydroxylation is 1. The van der Waals surface area contributed by atoms with Crippen LogP contribution in [0.1, 0.15) is 18.1 Å². The number of halogens is 2. The summed E-state index contributed by atoms with van der Waals surface area (Å²) in [4.78, 5) is 2.00. The number of likely N-dealkylation sites (N-methyl/N-ethyl adjacent to an activating group) is 1. The van der Waals surface area contributed by atoms with E-state index in [1.54, 1.807) is 19.2 Å². The maximum Gasteiger partial charge on any atom is 0.270 e. The first-order chi connectivity index (χ1) is 7.86. The second-order valence-electron chi connectivity index (χ2n) is 4.30. The van der Waals surface area contributed by atoms with Gasteiger partial charge in [-0.2, -0.15) is 0 Å². The Morgan fingerprint density at radius 1 is 1.35 bits per heavy atom. The van der Waals surface area contributed by atoms with Gasteiger partial charge in [0.2, 0.25) is 0 Å². The Morgan fingerprint density at radius 2 is 2.00 bits per heavy atom. The molecule has 0 N–H and O–H groups in total. The van der Waals surface area contributed by atoms with Gasteiger partial charge in [-0.1, -0.05) is 6.07 Å². The quantitative estimate of drug-likeness (QED) is 0.787. The minimum absolute atomic E-state index is 0.0545. The largest absolute Gasteiger partial charge is 0.383 e. The Labute approximate surface area is 101 Å². The number of methoxy groups -OCH3 is 1. The van der Waals surface area contributed by atoms with Crippen LogP contribution >= 0.6 is 0 Å². The Hall–Kier alpha value is -1.16. The fraction of sp³-hybridized carbons (Fsp3) is 0.538. The molecule has 2 nitrogen and oxygen atoms in total. The minimum atomic E-state index is -2.78. The number of hydrogen-bond donors (Lipinski definition) is 0. The highest BCUT2D eigenvalue weighted by Gasteiger charge is 2.24. The third-order valence-electron chi connectivity index (χ3n) is 2.75. The Bertz CT molecular complexity index is 374. The van der Waals surface area contributed by atoms with Crippen LogP contribution in [0.4, 0.5) is 14.5 Å². The van der Waals surface area contributed by atoms with Gasteiger partial charge in [-0.25, -0.2) is 8.78 Å². The monoisotopic (exact) mass is 243 g/mol. The van der Waals surface area contributed by atoms with Crippen molar-refractivity contribution in [3.05, 3.63) is 29.3 Å². The molecule has 1 aromatic rings. The molecule has 0 saturated heterocycles. The van der Waals surface area contributed by atoms with Gasteiger partial charge in [-0.15, -0.1) is 0 Å². The van der Waals surface area contributed by atoms with Crippen LogP contribution < -0.4 is 4.90 Å². The smallest absolute Gasteiger partial charge is 0.270 e. The molecule has 0 aliphatic carbocycles. The van der Waals surface area contributed by atoms with Gasteiger partial charge >= 0.3 is 0 Å². The lowest BCUT2D eigenvalue weighted by atomic mass is 10.0. The number of benzene rings is 1. The first-order valence-corrected chi connectivity index (χ1v) is 5.55. The summed E-state index contributed by atoms with van der Waals surface area (Å²) in [7, 11) is 3.56. The Balaban J connectivity index is 2.90. The molecule has 17 heavy (non-hydrogen) atoms. The first-order valence-electron chi connectivity index (χ1n) is 5.55. The first kappa shape index (κ1) is 13.9. The van der Waals surface area contributed by atoms with Crippen molar-refractivity contribution in [2.24, 2.45) is 0 Å². The summed E-state index contributed by atoms with van der Waals surface area (Å²) in [6, 6.07) is 4.75. The van der Waals surface area contributed by atoms with E-state index in [1.807, 2.05) is 18.9 Å². The van der Waals surface area contributed by atoms with E-state index in [1.165, 1.54) is 6.07 Å². The van der Waals surface area contributed by atoms with Gasteiger partial charge in [-0.05, 0) is 24.6 Å². The van der Waals surface area contributed by atoms with Gasteiger partial charge < -0.3 is 9.64 Å². The van der Waals surface area contributed by atoms with Crippen LogP contribution in [0.15, 0.2) is 18.2 Å². The zero-order valence-electron chi connectivity index (χ0n) is 10.8. The van der Waals surface area contributed by atoms with Crippen molar-refractivity contribution in [1.29, 1.82) is 0 Å². The fourth-order valence-corrected chi connectivity index (χ4v) is 1.71. The standard InChI is InChI=1S/C13H19F2NO/c1-10-9-11(13(2,14)15)5-6-12(10)16(3)7-8-17-4/h5-6,9H,7-8H2,1-4H3. The van der Waals surface area contributed by atoms with E-state index in [-0.39, 0.29) is 5.56 Å². The number of nitrogens with zero attached hydrogens (tertiary/aromatic N) is 1. The molecule has 0 bridgehead atoms. The van der Waals surface area contributed by atoms with Crippen molar-refractivity contribution < 1.29 is 13.5 Å². The normalized spacial score (nSPS) is 11.6. The zero-order valence-corrected chi connectivity index (χ0v) is 10.8. The van der Waals surface area contributed by atoms with Gasteiger partial charge in [-0.3, -0.25) is 0 Å². The summed E-state index contributed by atoms with van der Waals surface area (Å²) >= 11 is 0. The number of rotatable bonds is 5. The molecular weight excluding hydrogens is 224 g/mol. The molecule has 96 valence electrons. The van der Waals surface area contributed by atoms with Crippen LogP contribution in [0.2, 0.25) is 0 Å². The summed E-state index contributed by atoms with van der Waals surface area (Å²) in [5.41, 5.74) is 1.86. The van der Waals surface area contributed by atoms with E-state index in [4.69, 9.17) is 4.74 Å². The lowest BCUT2D eigenvalue weighted by molar-refractivity contribution is 0.0174. The van der Waals surface area contributed by atoms with Crippen LogP contribution in [0.3, 0.4) is 0 Å². The van der Waals surface area contributed by atoms with Crippen molar-refractivity contribution >= 4 is 5.69 Å². The molecule has 0 atom stereocenters. The average Bonchev–Trinajstić information content (AvgIpc) is 2.24. The number of hydrogen-bond acceptors (Lipinski definition) is 2. The zero-order chi connectivity index (χ0) is 13.1. The summed E-state index contributed by atoms with van der Waals surface area (Å²) in [6.45, 7) is 4.10. The Morgan fingerprint density at radius 3 is 2.47 bits per heavy atom. The number of anilines is 1. The van der Waals surface area contributed by atoms with Crippen LogP contribution in [0.25, 0.3) is 0 Å². The second-order valence-corrected chi connectivity index (χ2v) is 4.30. The molecule has 0 aliphatic rings. The van der Waals surface area contributed by atoms with Gasteiger partial charge in [0.05, 0.1) is 6.61 Å². The van der Waals surface area contributed by atoms with Crippen LogP contribution in [0.5, 0.6) is 0 Å². The lowest BCUT2D eigenvalue weighted by Gasteiger charge is -2.22. The van der Waals surface area contributed by atoms with Gasteiger partial charge in [0.15, 0.2) is 0 Å². The molecule has 1 aromatic carbocycles. The molecule has 0 aromatic heterocycles. The minimum Gasteiger partial charge on any atom is -0.383 e. The highest BCUT2D eigenvalue weighted by atomic mass is 19.3. The Kier molecular flexibility index (Phi) is 4.46. The molecule has 0 radical (unpaired) electrons. The van der Waals surface area contributed by atoms with Crippen molar-refractivity contribution in [1.82, 2.24) is 0 Å². The van der Waals surface area contributed by atoms with Crippen LogP contribution in [0, 0.1) is 6.92 Å². The lowest BCUT2D eigenvalue weighted by Crippen LogP contribution is -2.23. The third kappa shape index (κ3) is 3.66. The van der Waals surface area contributed by atoms with E-state index in [9.17, 15) is 8.78 Å². The molecule has 0 heterocycles. The van der Waals surface area contributed by atoms with E-state index in [0.29, 0.717) is 6.61 Å². The van der Waals surface area contributed by atoms with Crippen LogP contribution in [-0.4, -0.2) is 27.3 Å². The summed E-state index contributed by atoms with van der Waals surface area (Å²) in [5.74, 6) is -2.78. The topological polar surface area (TPSA) is 12.5 Å². The van der Waals surface area contributed by atoms with Crippen molar-refractivity contribution in [2.75, 3.05) is 32.2 Å². The predicted molar refractivity (Wildman–Crippen MR) is 65.9 cm³/mol. The van der Waals surface area contributed by atoms with Crippen molar-refractivity contribution in [3.63, 3.8) is 0 Å². The maximum absolute atomic E-state index is 13.1. The molecule has 0 fully saturated rings. The molecular formula is C13H19F2NO. The van der Waals surface area contributed by atoms with Gasteiger partial charge in [0, 0.05) is 38.9 Å². The van der Waals surface area contributed by atoms with E-state index in [2.05, 4.69) is 0 Å². The van der Waals surface area contributed by atoms with Gasteiger partial charge in [0.1, 0.15) is 0 Å². The number of ether oxygens (including phenoxy) is 1. The fourth-order valence-electron chi connectivity index (χ4n) is 1.71. The highest BCUT2D eigenvalue weighted by molar-refractivity contribution is 5.54. The van der Waals surface area contributed by atoms with Crippen molar-refractivity contribution in [2.45, 2.75) is 19.8 Å². The SMILES string of the molecule is COCCN(C)c1ccc(C(C)(F)F)cc1C. The highest BCUT2D eigenvalue weighted by Crippen LogP contribution is 2.30. The maximum atomic E-state index is 13.1. The summed E-state index contributed by atoms with van der Waals surface area (Å²) < 4.78 is 31.3. The number of alkyl halides is 2. The third-order valence-corrected chi connectivity index (χ3v) is 2.75.